The van der Waals surface area contributed by atoms with Crippen molar-refractivity contribution in [2.75, 3.05) is 0 Å². The van der Waals surface area contributed by atoms with Crippen molar-refractivity contribution in [3.8, 4) is 28.5 Å². The average Bonchev–Trinajstić information content (AvgIpc) is 3.45. The van der Waals surface area contributed by atoms with Crippen LogP contribution in [0.4, 0.5) is 0 Å². The number of nitriles is 1. The van der Waals surface area contributed by atoms with Crippen molar-refractivity contribution >= 4 is 5.52 Å². The highest BCUT2D eigenvalue weighted by Gasteiger charge is 2.26. The molecule has 0 aliphatic heterocycles. The van der Waals surface area contributed by atoms with E-state index in [0.717, 1.165) is 59.3 Å². The van der Waals surface area contributed by atoms with Crippen molar-refractivity contribution in [2.45, 2.75) is 57.6 Å². The van der Waals surface area contributed by atoms with E-state index in [1.165, 1.54) is 0 Å². The lowest BCUT2D eigenvalue weighted by Gasteiger charge is -2.24. The number of aromatic nitrogens is 6. The fraction of sp³-hybridized carbons (Fsp3) is 0.400. The molecule has 0 radical (unpaired) electrons. The molecular weight excluding hydrogens is 414 g/mol. The van der Waals surface area contributed by atoms with Gasteiger partial charge in [-0.25, -0.2) is 4.52 Å². The first kappa shape index (κ1) is 21.3. The summed E-state index contributed by atoms with van der Waals surface area (Å²) in [5, 5.41) is 28.2. The molecule has 0 atom stereocenters. The highest BCUT2D eigenvalue weighted by molar-refractivity contribution is 5.80. The average molecular weight is 442 g/mol. The smallest absolute Gasteiger partial charge is 0.0973 e. The van der Waals surface area contributed by atoms with Crippen LogP contribution in [0.25, 0.3) is 27.9 Å². The van der Waals surface area contributed by atoms with Crippen molar-refractivity contribution < 1.29 is 5.11 Å². The van der Waals surface area contributed by atoms with E-state index in [9.17, 15) is 10.4 Å². The van der Waals surface area contributed by atoms with Crippen LogP contribution < -0.4 is 0 Å². The van der Waals surface area contributed by atoms with Gasteiger partial charge >= 0.3 is 0 Å². The van der Waals surface area contributed by atoms with E-state index in [-0.39, 0.29) is 5.92 Å². The minimum Gasteiger partial charge on any atom is -0.389 e. The van der Waals surface area contributed by atoms with Gasteiger partial charge in [0.25, 0.3) is 0 Å². The molecule has 0 aromatic carbocycles. The quantitative estimate of drug-likeness (QED) is 0.497. The maximum atomic E-state index is 10.0. The molecule has 168 valence electrons. The summed E-state index contributed by atoms with van der Waals surface area (Å²) in [7, 11) is 0. The third-order valence-corrected chi connectivity index (χ3v) is 6.31. The molecule has 5 rings (SSSR count). The van der Waals surface area contributed by atoms with Crippen LogP contribution in [0.5, 0.6) is 0 Å². The third kappa shape index (κ3) is 4.37. The molecule has 0 bridgehead atoms. The maximum absolute atomic E-state index is 10.0. The van der Waals surface area contributed by atoms with Gasteiger partial charge in [0.15, 0.2) is 0 Å². The Kier molecular flexibility index (Phi) is 5.43. The Morgan fingerprint density at radius 1 is 1.06 bits per heavy atom. The van der Waals surface area contributed by atoms with Gasteiger partial charge in [-0.15, -0.1) is 0 Å². The van der Waals surface area contributed by atoms with E-state index in [2.05, 4.69) is 16.3 Å². The Labute approximate surface area is 192 Å². The number of hydrogen-bond acceptors (Lipinski definition) is 6. The van der Waals surface area contributed by atoms with E-state index >= 15 is 0 Å². The second-order valence-corrected chi connectivity index (χ2v) is 9.51. The van der Waals surface area contributed by atoms with E-state index in [4.69, 9.17) is 9.97 Å². The van der Waals surface area contributed by atoms with Crippen LogP contribution >= 0.6 is 0 Å². The monoisotopic (exact) mass is 441 g/mol. The molecule has 0 unspecified atom stereocenters. The van der Waals surface area contributed by atoms with Crippen LogP contribution in [0.1, 0.15) is 51.1 Å². The fourth-order valence-corrected chi connectivity index (χ4v) is 4.67. The Morgan fingerprint density at radius 3 is 2.58 bits per heavy atom. The molecule has 8 heteroatoms. The molecule has 0 spiro atoms. The number of hydrogen-bond donors (Lipinski definition) is 1. The Balaban J connectivity index is 1.44. The van der Waals surface area contributed by atoms with Crippen LogP contribution in [-0.4, -0.2) is 40.1 Å². The van der Waals surface area contributed by atoms with Crippen molar-refractivity contribution in [3.63, 3.8) is 0 Å². The van der Waals surface area contributed by atoms with Crippen LogP contribution in [0.2, 0.25) is 0 Å². The normalized spacial score (nSPS) is 19.0. The van der Waals surface area contributed by atoms with Crippen molar-refractivity contribution in [2.24, 2.45) is 5.92 Å². The lowest BCUT2D eigenvalue weighted by molar-refractivity contribution is 0.0577. The summed E-state index contributed by atoms with van der Waals surface area (Å²) in [5.41, 5.74) is 4.94. The minimum absolute atomic E-state index is 0.160. The van der Waals surface area contributed by atoms with E-state index in [1.54, 1.807) is 30.9 Å². The zero-order valence-corrected chi connectivity index (χ0v) is 18.9. The number of pyridine rings is 1. The standard InChI is InChI=1S/C25H27N7O/c1-25(2,33)16-31-15-20(13-29-31)19-7-8-22(28-12-19)21-14-30-32-10-9-27-23(24(21)32)18-5-3-17(11-26)4-6-18/h7-10,12-15,17-18,33H,3-6,16H2,1-2H3. The molecule has 1 saturated carbocycles. The molecule has 1 aliphatic carbocycles. The first-order valence-electron chi connectivity index (χ1n) is 11.3. The van der Waals surface area contributed by atoms with E-state index in [0.29, 0.717) is 12.5 Å². The molecule has 1 fully saturated rings. The van der Waals surface area contributed by atoms with Crippen molar-refractivity contribution in [1.29, 1.82) is 5.26 Å². The molecule has 4 aromatic heterocycles. The van der Waals surface area contributed by atoms with E-state index < -0.39 is 5.60 Å². The Bertz CT molecular complexity index is 1300. The summed E-state index contributed by atoms with van der Waals surface area (Å²) >= 11 is 0. The molecule has 0 saturated heterocycles. The second-order valence-electron chi connectivity index (χ2n) is 9.51. The molecule has 1 N–H and O–H groups in total. The summed E-state index contributed by atoms with van der Waals surface area (Å²) in [5.74, 6) is 0.488. The SMILES string of the molecule is CC(C)(O)Cn1cc(-c2ccc(-c3cnn4ccnc(C5CCC(C#N)CC5)c34)nc2)cn1. The fourth-order valence-electron chi connectivity index (χ4n) is 4.67. The van der Waals surface area contributed by atoms with E-state index in [1.807, 2.05) is 41.4 Å². The number of fused-ring (bicyclic) bond motifs is 1. The molecule has 1 aliphatic rings. The minimum atomic E-state index is -0.825. The van der Waals surface area contributed by atoms with Crippen LogP contribution in [0, 0.1) is 17.2 Å². The van der Waals surface area contributed by atoms with Gasteiger partial charge < -0.3 is 5.11 Å². The van der Waals surface area contributed by atoms with Gasteiger partial charge in [-0.1, -0.05) is 6.07 Å². The highest BCUT2D eigenvalue weighted by atomic mass is 16.3. The molecule has 8 nitrogen and oxygen atoms in total. The number of aliphatic hydroxyl groups is 1. The molecule has 4 aromatic rings. The zero-order valence-electron chi connectivity index (χ0n) is 18.9. The summed E-state index contributed by atoms with van der Waals surface area (Å²) in [6.45, 7) is 3.95. The Hall–Kier alpha value is -3.57. The van der Waals surface area contributed by atoms with Gasteiger partial charge in [0.05, 0.1) is 47.5 Å². The maximum Gasteiger partial charge on any atom is 0.0973 e. The number of rotatable bonds is 5. The van der Waals surface area contributed by atoms with Crippen LogP contribution in [0.3, 0.4) is 0 Å². The highest BCUT2D eigenvalue weighted by Crippen LogP contribution is 2.38. The lowest BCUT2D eigenvalue weighted by atomic mass is 9.80. The van der Waals surface area contributed by atoms with Crippen LogP contribution in [-0.2, 0) is 6.54 Å². The van der Waals surface area contributed by atoms with Gasteiger partial charge in [-0.3, -0.25) is 14.6 Å². The predicted molar refractivity (Wildman–Crippen MR) is 124 cm³/mol. The summed E-state index contributed by atoms with van der Waals surface area (Å²) < 4.78 is 3.62. The first-order valence-corrected chi connectivity index (χ1v) is 11.3. The van der Waals surface area contributed by atoms with Gasteiger partial charge in [0, 0.05) is 53.3 Å². The topological polar surface area (TPSA) is 105 Å². The van der Waals surface area contributed by atoms with Gasteiger partial charge in [-0.2, -0.15) is 15.5 Å². The molecule has 4 heterocycles. The van der Waals surface area contributed by atoms with Crippen molar-refractivity contribution in [3.05, 3.63) is 55.0 Å². The molecule has 0 amide bonds. The summed E-state index contributed by atoms with van der Waals surface area (Å²) in [6, 6.07) is 6.45. The number of nitrogens with zero attached hydrogens (tertiary/aromatic N) is 7. The third-order valence-electron chi connectivity index (χ3n) is 6.31. The Morgan fingerprint density at radius 2 is 1.88 bits per heavy atom. The first-order chi connectivity index (χ1) is 15.9. The largest absolute Gasteiger partial charge is 0.389 e. The van der Waals surface area contributed by atoms with Gasteiger partial charge in [-0.05, 0) is 45.6 Å². The summed E-state index contributed by atoms with van der Waals surface area (Å²) in [6.07, 6.45) is 14.9. The van der Waals surface area contributed by atoms with Gasteiger partial charge in [0.2, 0.25) is 0 Å². The predicted octanol–water partition coefficient (Wildman–Crippen LogP) is 4.22. The lowest BCUT2D eigenvalue weighted by Crippen LogP contribution is -2.26. The molecule has 33 heavy (non-hydrogen) atoms. The van der Waals surface area contributed by atoms with Crippen LogP contribution in [0.15, 0.2) is 49.3 Å². The zero-order chi connectivity index (χ0) is 23.0. The van der Waals surface area contributed by atoms with Gasteiger partial charge in [0.1, 0.15) is 0 Å². The van der Waals surface area contributed by atoms with Crippen molar-refractivity contribution in [1.82, 2.24) is 29.4 Å². The summed E-state index contributed by atoms with van der Waals surface area (Å²) in [4.78, 5) is 9.47. The second kappa shape index (κ2) is 8.41. The molecular formula is C25H27N7O.